The van der Waals surface area contributed by atoms with Crippen LogP contribution in [0.5, 0.6) is 0 Å². The smallest absolute Gasteiger partial charge is 0.138 e. The summed E-state index contributed by atoms with van der Waals surface area (Å²) in [5.41, 5.74) is 7.96. The minimum absolute atomic E-state index is 0.931. The summed E-state index contributed by atoms with van der Waals surface area (Å²) in [7, 11) is 0. The van der Waals surface area contributed by atoms with Crippen molar-refractivity contribution in [2.75, 3.05) is 4.90 Å². The monoisotopic (exact) mass is 445 g/mol. The van der Waals surface area contributed by atoms with Crippen LogP contribution in [0, 0.1) is 6.92 Å². The third kappa shape index (κ3) is 3.28. The van der Waals surface area contributed by atoms with E-state index in [2.05, 4.69) is 110 Å². The molecule has 0 aliphatic carbocycles. The van der Waals surface area contributed by atoms with Crippen LogP contribution in [0.2, 0.25) is 0 Å². The highest BCUT2D eigenvalue weighted by molar-refractivity contribution is 7.99. The summed E-state index contributed by atoms with van der Waals surface area (Å²) in [5.74, 6) is 0.941. The van der Waals surface area contributed by atoms with Crippen molar-refractivity contribution in [1.29, 1.82) is 0 Å². The first-order valence-corrected chi connectivity index (χ1v) is 12.0. The molecule has 0 radical (unpaired) electrons. The summed E-state index contributed by atoms with van der Waals surface area (Å²) in [6.45, 7) is 4.21. The van der Waals surface area contributed by atoms with Crippen molar-refractivity contribution < 1.29 is 4.42 Å². The zero-order chi connectivity index (χ0) is 22.4. The molecule has 160 valence electrons. The molecular weight excluding hydrogens is 422 g/mol. The molecule has 0 amide bonds. The van der Waals surface area contributed by atoms with Crippen LogP contribution in [0.4, 0.5) is 17.1 Å². The lowest BCUT2D eigenvalue weighted by molar-refractivity contribution is 0.597. The van der Waals surface area contributed by atoms with E-state index in [1.54, 1.807) is 0 Å². The first-order chi connectivity index (χ1) is 16.2. The van der Waals surface area contributed by atoms with Gasteiger partial charge in [-0.2, -0.15) is 0 Å². The fourth-order valence-corrected chi connectivity index (χ4v) is 5.69. The number of furan rings is 1. The second-order valence-corrected chi connectivity index (χ2v) is 9.26. The first-order valence-electron chi connectivity index (χ1n) is 11.2. The third-order valence-electron chi connectivity index (χ3n) is 6.25. The van der Waals surface area contributed by atoms with Crippen LogP contribution in [0.3, 0.4) is 0 Å². The Morgan fingerprint density at radius 3 is 2.00 bits per heavy atom. The standard InChI is InChI=1S/C30H23NOS/c1-3-23(30-20(2)24-10-4-7-13-27(24)32-30)21-16-18-22(19-17-21)31-25-11-5-8-14-28(25)33-29-15-9-6-12-26(29)31/h3-19H,1-2H3. The number of benzene rings is 4. The van der Waals surface area contributed by atoms with Gasteiger partial charge < -0.3 is 9.32 Å². The van der Waals surface area contributed by atoms with Crippen molar-refractivity contribution in [2.24, 2.45) is 0 Å². The number of para-hydroxylation sites is 3. The molecule has 3 heteroatoms. The Labute approximate surface area is 198 Å². The van der Waals surface area contributed by atoms with Crippen LogP contribution in [-0.2, 0) is 0 Å². The summed E-state index contributed by atoms with van der Waals surface area (Å²) >= 11 is 1.83. The van der Waals surface area contributed by atoms with E-state index in [-0.39, 0.29) is 0 Å². The van der Waals surface area contributed by atoms with Crippen molar-refractivity contribution in [2.45, 2.75) is 23.6 Å². The highest BCUT2D eigenvalue weighted by Gasteiger charge is 2.24. The van der Waals surface area contributed by atoms with E-state index in [1.165, 1.54) is 32.1 Å². The number of hydrogen-bond acceptors (Lipinski definition) is 3. The Morgan fingerprint density at radius 1 is 0.758 bits per heavy atom. The third-order valence-corrected chi connectivity index (χ3v) is 7.38. The minimum Gasteiger partial charge on any atom is -0.456 e. The predicted molar refractivity (Wildman–Crippen MR) is 139 cm³/mol. The molecule has 0 bridgehead atoms. The largest absolute Gasteiger partial charge is 0.456 e. The van der Waals surface area contributed by atoms with Crippen LogP contribution in [0.25, 0.3) is 16.5 Å². The Morgan fingerprint density at radius 2 is 1.36 bits per heavy atom. The maximum Gasteiger partial charge on any atom is 0.138 e. The molecule has 0 unspecified atom stereocenters. The topological polar surface area (TPSA) is 16.4 Å². The number of fused-ring (bicyclic) bond motifs is 3. The number of allylic oxidation sites excluding steroid dienone is 1. The van der Waals surface area contributed by atoms with Crippen LogP contribution in [0.15, 0.2) is 117 Å². The van der Waals surface area contributed by atoms with Crippen molar-refractivity contribution >= 4 is 45.4 Å². The van der Waals surface area contributed by atoms with E-state index in [9.17, 15) is 0 Å². The van der Waals surface area contributed by atoms with E-state index < -0.39 is 0 Å². The molecule has 0 fully saturated rings. The molecule has 0 saturated heterocycles. The molecule has 0 N–H and O–H groups in total. The lowest BCUT2D eigenvalue weighted by Crippen LogP contribution is -2.14. The molecule has 0 saturated carbocycles. The second kappa shape index (κ2) is 8.02. The molecule has 2 nitrogen and oxygen atoms in total. The highest BCUT2D eigenvalue weighted by Crippen LogP contribution is 2.51. The van der Waals surface area contributed by atoms with Gasteiger partial charge in [-0.15, -0.1) is 0 Å². The summed E-state index contributed by atoms with van der Waals surface area (Å²) in [6, 6.07) is 34.3. The zero-order valence-electron chi connectivity index (χ0n) is 18.6. The number of anilines is 3. The van der Waals surface area contributed by atoms with Crippen LogP contribution < -0.4 is 4.90 Å². The van der Waals surface area contributed by atoms with E-state index in [0.29, 0.717) is 0 Å². The SMILES string of the molecule is CC=C(c1ccc(N2c3ccccc3Sc3ccccc32)cc1)c1oc2ccccc2c1C. The summed E-state index contributed by atoms with van der Waals surface area (Å²) in [6.07, 6.45) is 2.14. The van der Waals surface area contributed by atoms with Gasteiger partial charge in [-0.25, -0.2) is 0 Å². The predicted octanol–water partition coefficient (Wildman–Crippen LogP) is 9.13. The Balaban J connectivity index is 1.42. The molecule has 0 atom stereocenters. The summed E-state index contributed by atoms with van der Waals surface area (Å²) < 4.78 is 6.26. The average Bonchev–Trinajstić information content (AvgIpc) is 3.20. The van der Waals surface area contributed by atoms with Gasteiger partial charge in [0.25, 0.3) is 0 Å². The Kier molecular flexibility index (Phi) is 4.85. The molecular formula is C30H23NOS. The molecule has 1 aliphatic rings. The second-order valence-electron chi connectivity index (χ2n) is 8.17. The normalized spacial score (nSPS) is 13.2. The van der Waals surface area contributed by atoms with Crippen molar-refractivity contribution in [1.82, 2.24) is 0 Å². The minimum atomic E-state index is 0.931. The van der Waals surface area contributed by atoms with E-state index in [4.69, 9.17) is 4.42 Å². The van der Waals surface area contributed by atoms with Gasteiger partial charge in [0.05, 0.1) is 11.4 Å². The van der Waals surface area contributed by atoms with Crippen molar-refractivity contribution in [3.05, 3.63) is 120 Å². The number of rotatable bonds is 3. The van der Waals surface area contributed by atoms with Gasteiger partial charge in [0.15, 0.2) is 0 Å². The lowest BCUT2D eigenvalue weighted by atomic mass is 9.99. The Hall–Kier alpha value is -3.69. The van der Waals surface area contributed by atoms with Gasteiger partial charge in [0, 0.05) is 32.0 Å². The van der Waals surface area contributed by atoms with Crippen LogP contribution >= 0.6 is 11.8 Å². The maximum absolute atomic E-state index is 6.26. The quantitative estimate of drug-likeness (QED) is 0.270. The van der Waals surface area contributed by atoms with Crippen molar-refractivity contribution in [3.63, 3.8) is 0 Å². The van der Waals surface area contributed by atoms with Gasteiger partial charge >= 0.3 is 0 Å². The van der Waals surface area contributed by atoms with E-state index >= 15 is 0 Å². The molecule has 1 aromatic heterocycles. The zero-order valence-corrected chi connectivity index (χ0v) is 19.4. The summed E-state index contributed by atoms with van der Waals surface area (Å²) in [5, 5.41) is 1.17. The number of aryl methyl sites for hydroxylation is 1. The number of hydrogen-bond donors (Lipinski definition) is 0. The van der Waals surface area contributed by atoms with Gasteiger partial charge in [-0.05, 0) is 61.9 Å². The molecule has 5 aromatic rings. The van der Waals surface area contributed by atoms with Crippen LogP contribution in [-0.4, -0.2) is 0 Å². The van der Waals surface area contributed by atoms with Gasteiger partial charge in [-0.3, -0.25) is 0 Å². The van der Waals surface area contributed by atoms with Crippen molar-refractivity contribution in [3.8, 4) is 0 Å². The molecule has 0 spiro atoms. The molecule has 33 heavy (non-hydrogen) atoms. The average molecular weight is 446 g/mol. The van der Waals surface area contributed by atoms with Gasteiger partial charge in [0.1, 0.15) is 11.3 Å². The number of nitrogens with zero attached hydrogens (tertiary/aromatic N) is 1. The molecule has 1 aliphatic heterocycles. The first kappa shape index (κ1) is 20.0. The molecule has 4 aromatic carbocycles. The van der Waals surface area contributed by atoms with Crippen LogP contribution in [0.1, 0.15) is 23.8 Å². The Bertz CT molecular complexity index is 1460. The van der Waals surface area contributed by atoms with E-state index in [1.807, 2.05) is 23.9 Å². The molecule has 6 rings (SSSR count). The maximum atomic E-state index is 6.26. The fourth-order valence-electron chi connectivity index (χ4n) is 4.63. The van der Waals surface area contributed by atoms with Gasteiger partial charge in [0.2, 0.25) is 0 Å². The van der Waals surface area contributed by atoms with Gasteiger partial charge in [-0.1, -0.05) is 72.4 Å². The highest BCUT2D eigenvalue weighted by atomic mass is 32.2. The summed E-state index contributed by atoms with van der Waals surface area (Å²) in [4.78, 5) is 4.90. The fraction of sp³-hybridized carbons (Fsp3) is 0.0667. The van der Waals surface area contributed by atoms with E-state index in [0.717, 1.165) is 28.2 Å². The lowest BCUT2D eigenvalue weighted by Gasteiger charge is -2.32. The molecule has 2 heterocycles.